The molecule has 0 radical (unpaired) electrons. The first-order valence-corrected chi connectivity index (χ1v) is 51.8. The molecule has 18 aromatic rings. The van der Waals surface area contributed by atoms with Crippen molar-refractivity contribution in [3.8, 4) is 83.8 Å². The molecular weight excluding hydrogens is 1590 g/mol. The van der Waals surface area contributed by atoms with Gasteiger partial charge >= 0.3 is 0 Å². The molecule has 0 unspecified atom stereocenters. The van der Waals surface area contributed by atoms with Crippen LogP contribution in [0.5, 0.6) is 0 Å². The van der Waals surface area contributed by atoms with E-state index in [1.165, 1.54) is 238 Å². The fourth-order valence-electron chi connectivity index (χ4n) is 21.3. The number of hydrogen-bond donors (Lipinski definition) is 0. The van der Waals surface area contributed by atoms with E-state index in [4.69, 9.17) is 0 Å². The van der Waals surface area contributed by atoms with E-state index in [-0.39, 0.29) is 0 Å². The lowest BCUT2D eigenvalue weighted by Gasteiger charge is -2.21. The van der Waals surface area contributed by atoms with Gasteiger partial charge < -0.3 is 13.7 Å². The third kappa shape index (κ3) is 17.3. The van der Waals surface area contributed by atoms with Crippen LogP contribution in [-0.2, 0) is 57.8 Å². The van der Waals surface area contributed by atoms with E-state index in [1.54, 1.807) is 11.1 Å². The highest BCUT2D eigenvalue weighted by Gasteiger charge is 2.38. The fraction of sp³-hybridized carbons (Fsp3) is 0.302. The van der Waals surface area contributed by atoms with Crippen molar-refractivity contribution in [2.45, 2.75) is 265 Å². The smallest absolute Gasteiger partial charge is 0.0583 e. The van der Waals surface area contributed by atoms with Crippen LogP contribution in [0.1, 0.15) is 308 Å². The van der Waals surface area contributed by atoms with E-state index in [2.05, 4.69) is 287 Å². The summed E-state index contributed by atoms with van der Waals surface area (Å²) in [6.07, 6.45) is 9.31. The average molecular weight is 1750 g/mol. The molecule has 0 saturated carbocycles. The zero-order valence-electron chi connectivity index (χ0n) is 86.2. The van der Waals surface area contributed by atoms with Gasteiger partial charge in [-0.15, -0.1) is 0 Å². The molecule has 3 aromatic heterocycles. The molecule has 3 aliphatic heterocycles. The first-order chi connectivity index (χ1) is 65.6. The summed E-state index contributed by atoms with van der Waals surface area (Å²) in [5.41, 5.74) is 56.3. The number of benzene rings is 15. The summed E-state index contributed by atoms with van der Waals surface area (Å²) in [5.74, 6) is 0. The summed E-state index contributed by atoms with van der Waals surface area (Å²) >= 11 is 0. The SMILES string of the molecule is CC.CC.CC.CC.CC.CC.CC.CC.CC.CC.CC.CC.CC.CC.CC.c1ccc2c(c1)Cc1c-2ccc2c1Cc1cc3c4c(c1-2)c1ccccc1n4-c1ccccc1C3.c1ccc2c(c1)Cc1cc3c(cc1-2)Cc1cc2c4c(c1-3)c1ccccc1n4-c1ccccc1C2.c1ccc2c(c1)Cc1ccc3c(c1-2)Cc1cc2c4c(c1-3)c1ccccc1n4-c1ccccc1C2. The van der Waals surface area contributed by atoms with Crippen molar-refractivity contribution in [3.63, 3.8) is 0 Å². The van der Waals surface area contributed by atoms with Crippen molar-refractivity contribution in [1.29, 1.82) is 0 Å². The van der Waals surface area contributed by atoms with Gasteiger partial charge in [-0.1, -0.05) is 432 Å². The van der Waals surface area contributed by atoms with E-state index in [0.717, 1.165) is 57.8 Å². The maximum absolute atomic E-state index is 2.53. The van der Waals surface area contributed by atoms with Crippen LogP contribution in [0.3, 0.4) is 0 Å². The van der Waals surface area contributed by atoms with Gasteiger partial charge in [0.15, 0.2) is 0 Å². The highest BCUT2D eigenvalue weighted by Crippen LogP contribution is 2.57. The lowest BCUT2D eigenvalue weighted by molar-refractivity contribution is 1.04. The number of nitrogens with zero attached hydrogens (tertiary/aromatic N) is 3. The number of fused-ring (bicyclic) bond motifs is 38. The Balaban J connectivity index is 0.000000180. The molecule has 0 fully saturated rings. The fourth-order valence-corrected chi connectivity index (χ4v) is 21.3. The van der Waals surface area contributed by atoms with Gasteiger partial charge in [-0.3, -0.25) is 0 Å². The first kappa shape index (κ1) is 102. The van der Waals surface area contributed by atoms with E-state index < -0.39 is 0 Å². The molecule has 684 valence electrons. The normalized spacial score (nSPS) is 11.6. The van der Waals surface area contributed by atoms with Crippen LogP contribution >= 0.6 is 0 Å². The van der Waals surface area contributed by atoms with Crippen molar-refractivity contribution < 1.29 is 0 Å². The number of hydrogen-bond acceptors (Lipinski definition) is 0. The highest BCUT2D eigenvalue weighted by atomic mass is 15.0. The molecule has 0 bridgehead atoms. The second kappa shape index (κ2) is 47.7. The van der Waals surface area contributed by atoms with Crippen LogP contribution in [0.15, 0.2) is 273 Å². The largest absolute Gasteiger partial charge is 0.309 e. The van der Waals surface area contributed by atoms with Crippen molar-refractivity contribution in [2.24, 2.45) is 0 Å². The summed E-state index contributed by atoms with van der Waals surface area (Å²) in [5, 5.41) is 8.48. The summed E-state index contributed by atoms with van der Waals surface area (Å²) in [6.45, 7) is 60.0. The molecule has 0 atom stereocenters. The van der Waals surface area contributed by atoms with Crippen LogP contribution in [0.4, 0.5) is 0 Å². The van der Waals surface area contributed by atoms with Crippen molar-refractivity contribution in [2.75, 3.05) is 0 Å². The zero-order valence-corrected chi connectivity index (χ0v) is 86.2. The molecule has 9 aliphatic rings. The molecule has 132 heavy (non-hydrogen) atoms. The van der Waals surface area contributed by atoms with Crippen molar-refractivity contribution >= 4 is 65.4 Å². The van der Waals surface area contributed by atoms with Gasteiger partial charge in [-0.2, -0.15) is 0 Å². The quantitative estimate of drug-likeness (QED) is 0.144. The number of aromatic nitrogens is 3. The van der Waals surface area contributed by atoms with Gasteiger partial charge in [0.1, 0.15) is 0 Å². The lowest BCUT2D eigenvalue weighted by Crippen LogP contribution is -2.08. The highest BCUT2D eigenvalue weighted by molar-refractivity contribution is 6.22. The van der Waals surface area contributed by atoms with Gasteiger partial charge in [-0.25, -0.2) is 0 Å². The van der Waals surface area contributed by atoms with E-state index in [1.807, 2.05) is 208 Å². The molecule has 0 amide bonds. The summed E-state index contributed by atoms with van der Waals surface area (Å²) in [7, 11) is 0. The van der Waals surface area contributed by atoms with E-state index in [9.17, 15) is 0 Å². The van der Waals surface area contributed by atoms with Crippen molar-refractivity contribution in [1.82, 2.24) is 13.7 Å². The summed E-state index contributed by atoms with van der Waals surface area (Å²) < 4.78 is 7.58. The Kier molecular flexibility index (Phi) is 36.8. The molecule has 3 heteroatoms. The Morgan fingerprint density at radius 3 is 0.833 bits per heavy atom. The standard InChI is InChI=1S/3C33H21N.15C2H6/c1-3-9-25-19(7-1)13-21-18-28-22(17-27(21)25)15-23-16-24-14-20-8-2-5-11-29(20)34-30-12-6-4-10-26(30)32(31(23)28)33(24)34;1-3-9-23-19(7-1)17-27-24(23)13-14-25-28(27)18-21-16-22-15-20-8-2-5-11-29(20)34-30-12-6-4-10-26(30)32(31(21)25)33(22)34;1-3-9-24-19(7-1)15-21-13-14-25-27(30(21)24)18-22-17-23-16-20-8-2-5-11-28(20)34-29-12-6-4-10-26(29)32(31(22)25)33(23)34;15*1-2/h1-12,16-18H,13-15H2;1-14,16H,15,17-18H2;1-14,17H,15-16,18H2;15*1-2H3. The molecule has 0 N–H and O–H groups in total. The topological polar surface area (TPSA) is 14.8 Å². The molecule has 15 aromatic carbocycles. The van der Waals surface area contributed by atoms with Crippen LogP contribution in [0.2, 0.25) is 0 Å². The Bertz CT molecular complexity index is 6840. The molecular formula is C129H153N3. The molecule has 3 nitrogen and oxygen atoms in total. The Morgan fingerprint density at radius 1 is 0.152 bits per heavy atom. The predicted octanol–water partition coefficient (Wildman–Crippen LogP) is 38.9. The van der Waals surface area contributed by atoms with Crippen molar-refractivity contribution in [3.05, 3.63) is 373 Å². The van der Waals surface area contributed by atoms with E-state index in [0.29, 0.717) is 0 Å². The first-order valence-electron chi connectivity index (χ1n) is 51.8. The maximum Gasteiger partial charge on any atom is 0.0583 e. The third-order valence-corrected chi connectivity index (χ3v) is 25.2. The van der Waals surface area contributed by atoms with Crippen LogP contribution in [0, 0.1) is 0 Å². The third-order valence-electron chi connectivity index (χ3n) is 25.2. The second-order valence-corrected chi connectivity index (χ2v) is 30.3. The van der Waals surface area contributed by atoms with Crippen LogP contribution in [0.25, 0.3) is 149 Å². The summed E-state index contributed by atoms with van der Waals surface area (Å²) in [6, 6.07) is 103. The van der Waals surface area contributed by atoms with Crippen LogP contribution in [-0.4, -0.2) is 13.7 Å². The monoisotopic (exact) mass is 1740 g/mol. The minimum absolute atomic E-state index is 1.01. The van der Waals surface area contributed by atoms with Crippen LogP contribution < -0.4 is 0 Å². The maximum atomic E-state index is 2.53. The number of para-hydroxylation sites is 6. The Labute approximate surface area is 796 Å². The van der Waals surface area contributed by atoms with Gasteiger partial charge in [0, 0.05) is 68.6 Å². The molecule has 0 spiro atoms. The second-order valence-electron chi connectivity index (χ2n) is 30.3. The summed E-state index contributed by atoms with van der Waals surface area (Å²) in [4.78, 5) is 0. The molecule has 6 aliphatic carbocycles. The van der Waals surface area contributed by atoms with Gasteiger partial charge in [0.2, 0.25) is 0 Å². The Morgan fingerprint density at radius 2 is 0.409 bits per heavy atom. The zero-order chi connectivity index (χ0) is 95.9. The van der Waals surface area contributed by atoms with E-state index >= 15 is 0 Å². The molecule has 6 heterocycles. The van der Waals surface area contributed by atoms with Gasteiger partial charge in [0.05, 0.1) is 33.1 Å². The lowest BCUT2D eigenvalue weighted by atomic mass is 9.91. The van der Waals surface area contributed by atoms with Gasteiger partial charge in [0.25, 0.3) is 0 Å². The predicted molar refractivity (Wildman–Crippen MR) is 590 cm³/mol. The van der Waals surface area contributed by atoms with Gasteiger partial charge in [-0.05, 0) is 254 Å². The molecule has 27 rings (SSSR count). The Hall–Kier alpha value is -12.3. The minimum atomic E-state index is 1.01. The molecule has 0 saturated heterocycles. The average Bonchev–Trinajstić information content (AvgIpc) is 1.53. The minimum Gasteiger partial charge on any atom is -0.309 e. The number of rotatable bonds is 0.